The molecule has 3 amide bonds. The number of para-hydroxylation sites is 1. The summed E-state index contributed by atoms with van der Waals surface area (Å²) in [6, 6.07) is 11.9. The highest BCUT2D eigenvalue weighted by Crippen LogP contribution is 2.19. The SMILES string of the molecule is CC(NC(=O)C(N)Cc1ccccc1)C(=O)NC(Cc1c[nH]c2ccccc12)C(=O)NC(C(=O)O)C(C)O. The van der Waals surface area contributed by atoms with Crippen molar-refractivity contribution >= 4 is 34.6 Å². The standard InChI is InChI=1S/C27H33N5O6/c1-15(30-25(35)20(28)12-17-8-4-3-5-9-17)24(34)31-22(26(36)32-23(16(2)33)27(37)38)13-18-14-29-21-11-7-6-10-19(18)21/h3-11,14-16,20,22-23,29,33H,12-13,28H2,1-2H3,(H,30,35)(H,31,34)(H,32,36)(H,37,38). The van der Waals surface area contributed by atoms with Crippen LogP contribution in [-0.4, -0.2) is 69.2 Å². The molecule has 2 aromatic carbocycles. The van der Waals surface area contributed by atoms with Gasteiger partial charge in [0, 0.05) is 23.5 Å². The second-order valence-corrected chi connectivity index (χ2v) is 9.22. The molecule has 1 heterocycles. The molecule has 11 nitrogen and oxygen atoms in total. The third-order valence-corrected chi connectivity index (χ3v) is 6.17. The largest absolute Gasteiger partial charge is 0.480 e. The van der Waals surface area contributed by atoms with Crippen LogP contribution in [0.4, 0.5) is 0 Å². The van der Waals surface area contributed by atoms with Crippen LogP contribution < -0.4 is 21.7 Å². The van der Waals surface area contributed by atoms with Crippen molar-refractivity contribution in [2.75, 3.05) is 0 Å². The lowest BCUT2D eigenvalue weighted by atomic mass is 10.0. The van der Waals surface area contributed by atoms with E-state index in [9.17, 15) is 29.4 Å². The van der Waals surface area contributed by atoms with Crippen molar-refractivity contribution in [3.8, 4) is 0 Å². The van der Waals surface area contributed by atoms with Crippen LogP contribution in [0, 0.1) is 0 Å². The minimum Gasteiger partial charge on any atom is -0.480 e. The summed E-state index contributed by atoms with van der Waals surface area (Å²) in [5, 5.41) is 27.4. The first kappa shape index (κ1) is 28.4. The van der Waals surface area contributed by atoms with E-state index in [1.54, 1.807) is 6.20 Å². The van der Waals surface area contributed by atoms with E-state index < -0.39 is 54.0 Å². The zero-order chi connectivity index (χ0) is 27.8. The van der Waals surface area contributed by atoms with E-state index in [1.807, 2.05) is 54.6 Å². The number of aliphatic hydroxyl groups is 1. The lowest BCUT2D eigenvalue weighted by molar-refractivity contribution is -0.145. The molecule has 11 heteroatoms. The van der Waals surface area contributed by atoms with E-state index in [-0.39, 0.29) is 12.8 Å². The fraction of sp³-hybridized carbons (Fsp3) is 0.333. The van der Waals surface area contributed by atoms with Crippen molar-refractivity contribution in [3.05, 3.63) is 71.9 Å². The number of carbonyl (C=O) groups excluding carboxylic acids is 3. The third kappa shape index (κ3) is 7.40. The Balaban J connectivity index is 1.72. The van der Waals surface area contributed by atoms with Crippen molar-refractivity contribution in [1.82, 2.24) is 20.9 Å². The predicted octanol–water partition coefficient (Wildman–Crippen LogP) is 0.220. The Kier molecular flexibility index (Phi) is 9.58. The normalized spacial score (nSPS) is 15.1. The Morgan fingerprint density at radius 1 is 0.868 bits per heavy atom. The number of benzene rings is 2. The molecule has 0 fully saturated rings. The Labute approximate surface area is 219 Å². The molecule has 1 aromatic heterocycles. The van der Waals surface area contributed by atoms with Gasteiger partial charge in [-0.3, -0.25) is 14.4 Å². The highest BCUT2D eigenvalue weighted by molar-refractivity contribution is 5.94. The molecule has 202 valence electrons. The molecule has 3 rings (SSSR count). The average molecular weight is 524 g/mol. The molecule has 3 aromatic rings. The van der Waals surface area contributed by atoms with Crippen LogP contribution in [0.1, 0.15) is 25.0 Å². The fourth-order valence-electron chi connectivity index (χ4n) is 4.02. The van der Waals surface area contributed by atoms with Crippen LogP contribution in [0.2, 0.25) is 0 Å². The zero-order valence-electron chi connectivity index (χ0n) is 21.2. The van der Waals surface area contributed by atoms with Crippen molar-refractivity contribution in [2.45, 2.75) is 57.0 Å². The van der Waals surface area contributed by atoms with Crippen molar-refractivity contribution < 1.29 is 29.4 Å². The lowest BCUT2D eigenvalue weighted by Crippen LogP contribution is -2.58. The van der Waals surface area contributed by atoms with Gasteiger partial charge in [0.1, 0.15) is 12.1 Å². The summed E-state index contributed by atoms with van der Waals surface area (Å²) in [6.07, 6.45) is 0.642. The summed E-state index contributed by atoms with van der Waals surface area (Å²) < 4.78 is 0. The van der Waals surface area contributed by atoms with E-state index in [1.165, 1.54) is 13.8 Å². The molecule has 5 unspecified atom stereocenters. The topological polar surface area (TPSA) is 187 Å². The zero-order valence-corrected chi connectivity index (χ0v) is 21.2. The number of fused-ring (bicyclic) bond motifs is 1. The van der Waals surface area contributed by atoms with Gasteiger partial charge in [-0.15, -0.1) is 0 Å². The number of hydrogen-bond acceptors (Lipinski definition) is 6. The fourth-order valence-corrected chi connectivity index (χ4v) is 4.02. The summed E-state index contributed by atoms with van der Waals surface area (Å²) in [4.78, 5) is 53.3. The molecule has 0 aliphatic rings. The minimum absolute atomic E-state index is 0.0297. The predicted molar refractivity (Wildman–Crippen MR) is 141 cm³/mol. The number of aliphatic carboxylic acids is 1. The molecule has 5 atom stereocenters. The summed E-state index contributed by atoms with van der Waals surface area (Å²) in [7, 11) is 0. The molecule has 0 aliphatic carbocycles. The van der Waals surface area contributed by atoms with E-state index in [2.05, 4.69) is 20.9 Å². The first-order valence-corrected chi connectivity index (χ1v) is 12.2. The monoisotopic (exact) mass is 523 g/mol. The lowest BCUT2D eigenvalue weighted by Gasteiger charge is -2.24. The first-order chi connectivity index (χ1) is 18.1. The van der Waals surface area contributed by atoms with Gasteiger partial charge in [-0.25, -0.2) is 4.79 Å². The number of aromatic nitrogens is 1. The molecule has 0 bridgehead atoms. The Morgan fingerprint density at radius 3 is 2.18 bits per heavy atom. The van der Waals surface area contributed by atoms with Gasteiger partial charge in [0.05, 0.1) is 12.1 Å². The molecule has 8 N–H and O–H groups in total. The number of H-pyrrole nitrogens is 1. The van der Waals surface area contributed by atoms with E-state index in [4.69, 9.17) is 5.73 Å². The van der Waals surface area contributed by atoms with Gasteiger partial charge >= 0.3 is 5.97 Å². The maximum absolute atomic E-state index is 13.1. The first-order valence-electron chi connectivity index (χ1n) is 12.2. The van der Waals surface area contributed by atoms with Gasteiger partial charge in [-0.1, -0.05) is 48.5 Å². The quantitative estimate of drug-likeness (QED) is 0.177. The van der Waals surface area contributed by atoms with Gasteiger partial charge in [0.2, 0.25) is 17.7 Å². The molecular formula is C27H33N5O6. The highest BCUT2D eigenvalue weighted by atomic mass is 16.4. The highest BCUT2D eigenvalue weighted by Gasteiger charge is 2.31. The number of rotatable bonds is 12. The van der Waals surface area contributed by atoms with Crippen LogP contribution in [-0.2, 0) is 32.0 Å². The van der Waals surface area contributed by atoms with E-state index >= 15 is 0 Å². The number of nitrogens with two attached hydrogens (primary N) is 1. The molecule has 0 saturated heterocycles. The molecule has 38 heavy (non-hydrogen) atoms. The molecule has 0 spiro atoms. The number of nitrogens with one attached hydrogen (secondary N) is 4. The van der Waals surface area contributed by atoms with E-state index in [0.717, 1.165) is 16.5 Å². The Bertz CT molecular complexity index is 1280. The number of hydrogen-bond donors (Lipinski definition) is 7. The van der Waals surface area contributed by atoms with Crippen LogP contribution in [0.3, 0.4) is 0 Å². The van der Waals surface area contributed by atoms with E-state index in [0.29, 0.717) is 5.56 Å². The number of aromatic amines is 1. The third-order valence-electron chi connectivity index (χ3n) is 6.17. The maximum atomic E-state index is 13.1. The number of carboxylic acids is 1. The maximum Gasteiger partial charge on any atom is 0.328 e. The van der Waals surface area contributed by atoms with Gasteiger partial charge in [0.25, 0.3) is 0 Å². The Hall–Kier alpha value is -4.22. The van der Waals surface area contributed by atoms with Crippen LogP contribution >= 0.6 is 0 Å². The minimum atomic E-state index is -1.57. The molecule has 0 saturated carbocycles. The molecular weight excluding hydrogens is 490 g/mol. The number of amides is 3. The molecule has 0 radical (unpaired) electrons. The summed E-state index contributed by atoms with van der Waals surface area (Å²) in [5.41, 5.74) is 8.42. The molecule has 0 aliphatic heterocycles. The van der Waals surface area contributed by atoms with Gasteiger partial charge in [0.15, 0.2) is 6.04 Å². The smallest absolute Gasteiger partial charge is 0.328 e. The van der Waals surface area contributed by atoms with Gasteiger partial charge in [-0.2, -0.15) is 0 Å². The number of aliphatic hydroxyl groups excluding tert-OH is 1. The number of carbonyl (C=O) groups is 4. The second-order valence-electron chi connectivity index (χ2n) is 9.22. The summed E-state index contributed by atoms with van der Waals surface area (Å²) in [5.74, 6) is -3.40. The van der Waals surface area contributed by atoms with Gasteiger partial charge < -0.3 is 36.9 Å². The van der Waals surface area contributed by atoms with Crippen molar-refractivity contribution in [2.24, 2.45) is 5.73 Å². The Morgan fingerprint density at radius 2 is 1.53 bits per heavy atom. The van der Waals surface area contributed by atoms with Crippen LogP contribution in [0.5, 0.6) is 0 Å². The summed E-state index contributed by atoms with van der Waals surface area (Å²) >= 11 is 0. The number of carboxylic acid groups (broad SMARTS) is 1. The van der Waals surface area contributed by atoms with Crippen LogP contribution in [0.25, 0.3) is 10.9 Å². The second kappa shape index (κ2) is 12.8. The average Bonchev–Trinajstić information content (AvgIpc) is 3.29. The van der Waals surface area contributed by atoms with Crippen molar-refractivity contribution in [1.29, 1.82) is 0 Å². The van der Waals surface area contributed by atoms with Gasteiger partial charge in [-0.05, 0) is 37.5 Å². The van der Waals surface area contributed by atoms with Crippen molar-refractivity contribution in [3.63, 3.8) is 0 Å². The van der Waals surface area contributed by atoms with Crippen LogP contribution in [0.15, 0.2) is 60.8 Å². The summed E-state index contributed by atoms with van der Waals surface area (Å²) in [6.45, 7) is 2.70.